The summed E-state index contributed by atoms with van der Waals surface area (Å²) in [5.74, 6) is 1.92. The standard InChI is InChI=1S/C24H34N6/c1-25-24(27-18-20-11-12-23(26-17-20)30-15-7-8-16-30)28-19-22(29-13-5-6-14-29)21-9-3-2-4-10-21/h2-4,9-12,17,22H,5-8,13-16,18-19H2,1H3,(H2,25,27,28). The topological polar surface area (TPSA) is 55.8 Å². The van der Waals surface area contributed by atoms with Gasteiger partial charge in [0.1, 0.15) is 5.82 Å². The number of pyridine rings is 1. The van der Waals surface area contributed by atoms with Crippen molar-refractivity contribution >= 4 is 11.8 Å². The first-order valence-electron chi connectivity index (χ1n) is 11.3. The van der Waals surface area contributed by atoms with Crippen LogP contribution in [0.1, 0.15) is 42.9 Å². The van der Waals surface area contributed by atoms with Gasteiger partial charge < -0.3 is 15.5 Å². The zero-order valence-electron chi connectivity index (χ0n) is 18.1. The Labute approximate surface area is 180 Å². The molecular formula is C24H34N6. The molecule has 1 aromatic heterocycles. The number of benzene rings is 1. The second-order valence-electron chi connectivity index (χ2n) is 8.20. The number of hydrogen-bond donors (Lipinski definition) is 2. The summed E-state index contributed by atoms with van der Waals surface area (Å²) in [6, 6.07) is 15.5. The first-order chi connectivity index (χ1) is 14.8. The Morgan fingerprint density at radius 1 is 0.967 bits per heavy atom. The molecule has 2 N–H and O–H groups in total. The molecule has 0 bridgehead atoms. The van der Waals surface area contributed by atoms with E-state index in [1.165, 1.54) is 49.9 Å². The molecular weight excluding hydrogens is 372 g/mol. The van der Waals surface area contributed by atoms with E-state index >= 15 is 0 Å². The Kier molecular flexibility index (Phi) is 7.19. The van der Waals surface area contributed by atoms with Crippen molar-refractivity contribution in [2.45, 2.75) is 38.3 Å². The van der Waals surface area contributed by atoms with E-state index in [0.29, 0.717) is 12.6 Å². The molecule has 2 fully saturated rings. The minimum Gasteiger partial charge on any atom is -0.357 e. The Morgan fingerprint density at radius 2 is 1.70 bits per heavy atom. The molecule has 30 heavy (non-hydrogen) atoms. The van der Waals surface area contributed by atoms with Crippen molar-refractivity contribution in [1.82, 2.24) is 20.5 Å². The highest BCUT2D eigenvalue weighted by Crippen LogP contribution is 2.24. The second-order valence-corrected chi connectivity index (χ2v) is 8.20. The van der Waals surface area contributed by atoms with E-state index in [4.69, 9.17) is 0 Å². The monoisotopic (exact) mass is 406 g/mol. The highest BCUT2D eigenvalue weighted by atomic mass is 15.2. The molecule has 2 aliphatic rings. The first-order valence-corrected chi connectivity index (χ1v) is 11.3. The maximum Gasteiger partial charge on any atom is 0.191 e. The van der Waals surface area contributed by atoms with Crippen LogP contribution >= 0.6 is 0 Å². The van der Waals surface area contributed by atoms with E-state index in [1.807, 2.05) is 13.2 Å². The third kappa shape index (κ3) is 5.30. The van der Waals surface area contributed by atoms with Gasteiger partial charge in [0.2, 0.25) is 0 Å². The van der Waals surface area contributed by atoms with E-state index in [0.717, 1.165) is 31.4 Å². The highest BCUT2D eigenvalue weighted by Gasteiger charge is 2.23. The molecule has 6 heteroatoms. The van der Waals surface area contributed by atoms with Crippen LogP contribution in [0, 0.1) is 0 Å². The van der Waals surface area contributed by atoms with Crippen molar-refractivity contribution in [2.24, 2.45) is 4.99 Å². The highest BCUT2D eigenvalue weighted by molar-refractivity contribution is 5.79. The summed E-state index contributed by atoms with van der Waals surface area (Å²) < 4.78 is 0. The number of nitrogens with zero attached hydrogens (tertiary/aromatic N) is 4. The van der Waals surface area contributed by atoms with E-state index in [9.17, 15) is 0 Å². The van der Waals surface area contributed by atoms with Crippen LogP contribution in [-0.2, 0) is 6.54 Å². The summed E-state index contributed by atoms with van der Waals surface area (Å²) in [7, 11) is 1.83. The largest absolute Gasteiger partial charge is 0.357 e. The van der Waals surface area contributed by atoms with Crippen molar-refractivity contribution in [3.05, 3.63) is 59.8 Å². The average molecular weight is 407 g/mol. The van der Waals surface area contributed by atoms with Gasteiger partial charge >= 0.3 is 0 Å². The number of hydrogen-bond acceptors (Lipinski definition) is 4. The van der Waals surface area contributed by atoms with E-state index in [-0.39, 0.29) is 0 Å². The summed E-state index contributed by atoms with van der Waals surface area (Å²) in [5, 5.41) is 6.98. The normalized spacial score (nSPS) is 18.6. The zero-order chi connectivity index (χ0) is 20.6. The predicted molar refractivity (Wildman–Crippen MR) is 124 cm³/mol. The van der Waals surface area contributed by atoms with Gasteiger partial charge in [-0.2, -0.15) is 0 Å². The van der Waals surface area contributed by atoms with Crippen molar-refractivity contribution in [3.63, 3.8) is 0 Å². The minimum atomic E-state index is 0.369. The van der Waals surface area contributed by atoms with Crippen molar-refractivity contribution in [2.75, 3.05) is 44.7 Å². The Hall–Kier alpha value is -2.60. The van der Waals surface area contributed by atoms with E-state index < -0.39 is 0 Å². The number of aliphatic imine (C=N–C) groups is 1. The van der Waals surface area contributed by atoms with Crippen LogP contribution in [0.5, 0.6) is 0 Å². The van der Waals surface area contributed by atoms with Gasteiger partial charge in [-0.05, 0) is 56.0 Å². The fourth-order valence-corrected chi connectivity index (χ4v) is 4.44. The first kappa shape index (κ1) is 20.7. The van der Waals surface area contributed by atoms with Gasteiger partial charge in [-0.25, -0.2) is 4.98 Å². The number of guanidine groups is 1. The van der Waals surface area contributed by atoms with E-state index in [2.05, 4.69) is 72.9 Å². The lowest BCUT2D eigenvalue weighted by atomic mass is 10.1. The number of nitrogens with one attached hydrogen (secondary N) is 2. The van der Waals surface area contributed by atoms with Crippen LogP contribution in [0.2, 0.25) is 0 Å². The lowest BCUT2D eigenvalue weighted by Crippen LogP contribution is -2.42. The Bertz CT molecular complexity index is 792. The molecule has 160 valence electrons. The molecule has 1 unspecified atom stereocenters. The van der Waals surface area contributed by atoms with Crippen LogP contribution in [0.25, 0.3) is 0 Å². The third-order valence-corrected chi connectivity index (χ3v) is 6.15. The van der Waals surface area contributed by atoms with Crippen LogP contribution in [-0.4, -0.2) is 55.6 Å². The SMILES string of the molecule is CN=C(NCc1ccc(N2CCCC2)nc1)NCC(c1ccccc1)N1CCCC1. The lowest BCUT2D eigenvalue weighted by molar-refractivity contribution is 0.245. The molecule has 0 amide bonds. The van der Waals surface area contributed by atoms with Crippen molar-refractivity contribution < 1.29 is 0 Å². The summed E-state index contributed by atoms with van der Waals surface area (Å²) >= 11 is 0. The molecule has 1 aromatic carbocycles. The van der Waals surface area contributed by atoms with Gasteiger partial charge in [0.15, 0.2) is 5.96 Å². The molecule has 2 saturated heterocycles. The summed E-state index contributed by atoms with van der Waals surface area (Å²) in [6.45, 7) is 6.15. The minimum absolute atomic E-state index is 0.369. The van der Waals surface area contributed by atoms with Gasteiger partial charge in [0.25, 0.3) is 0 Å². The number of aromatic nitrogens is 1. The number of likely N-dealkylation sites (tertiary alicyclic amines) is 1. The molecule has 1 atom stereocenters. The van der Waals surface area contributed by atoms with Crippen molar-refractivity contribution in [1.29, 1.82) is 0 Å². The van der Waals surface area contributed by atoms with Gasteiger partial charge in [0, 0.05) is 39.4 Å². The fourth-order valence-electron chi connectivity index (χ4n) is 4.44. The average Bonchev–Trinajstić information content (AvgIpc) is 3.52. The van der Waals surface area contributed by atoms with Crippen LogP contribution < -0.4 is 15.5 Å². The molecule has 2 aromatic rings. The van der Waals surface area contributed by atoms with Gasteiger partial charge in [-0.1, -0.05) is 36.4 Å². The number of rotatable bonds is 7. The molecule has 0 spiro atoms. The number of anilines is 1. The van der Waals surface area contributed by atoms with Gasteiger partial charge in [-0.3, -0.25) is 9.89 Å². The quantitative estimate of drug-likeness (QED) is 0.546. The lowest BCUT2D eigenvalue weighted by Gasteiger charge is -2.29. The smallest absolute Gasteiger partial charge is 0.191 e. The molecule has 6 nitrogen and oxygen atoms in total. The van der Waals surface area contributed by atoms with Crippen molar-refractivity contribution in [3.8, 4) is 0 Å². The van der Waals surface area contributed by atoms with Crippen LogP contribution in [0.3, 0.4) is 0 Å². The molecule has 0 aliphatic carbocycles. The predicted octanol–water partition coefficient (Wildman–Crippen LogP) is 3.18. The van der Waals surface area contributed by atoms with Crippen LogP contribution in [0.4, 0.5) is 5.82 Å². The summed E-state index contributed by atoms with van der Waals surface area (Å²) in [4.78, 5) is 14.0. The Balaban J connectivity index is 1.31. The maximum absolute atomic E-state index is 4.65. The summed E-state index contributed by atoms with van der Waals surface area (Å²) in [5.41, 5.74) is 2.53. The molecule has 3 heterocycles. The molecule has 0 saturated carbocycles. The van der Waals surface area contributed by atoms with E-state index in [1.54, 1.807) is 0 Å². The maximum atomic E-state index is 4.65. The molecule has 2 aliphatic heterocycles. The zero-order valence-corrected chi connectivity index (χ0v) is 18.1. The molecule has 4 rings (SSSR count). The van der Waals surface area contributed by atoms with Crippen LogP contribution in [0.15, 0.2) is 53.7 Å². The third-order valence-electron chi connectivity index (χ3n) is 6.15. The summed E-state index contributed by atoms with van der Waals surface area (Å²) in [6.07, 6.45) is 7.10. The van der Waals surface area contributed by atoms with Gasteiger partial charge in [-0.15, -0.1) is 0 Å². The van der Waals surface area contributed by atoms with Gasteiger partial charge in [0.05, 0.1) is 6.04 Å². The Morgan fingerprint density at radius 3 is 2.37 bits per heavy atom. The molecule has 0 radical (unpaired) electrons. The fraction of sp³-hybridized carbons (Fsp3) is 0.500. The second kappa shape index (κ2) is 10.4.